The van der Waals surface area contributed by atoms with Crippen LogP contribution in [-0.2, 0) is 0 Å². The Morgan fingerprint density at radius 1 is 1.22 bits per heavy atom. The van der Waals surface area contributed by atoms with E-state index in [0.29, 0.717) is 23.4 Å². The molecule has 0 amide bonds. The van der Waals surface area contributed by atoms with E-state index in [4.69, 9.17) is 4.74 Å². The molecule has 0 spiro atoms. The van der Waals surface area contributed by atoms with Gasteiger partial charge in [-0.2, -0.15) is 4.98 Å². The van der Waals surface area contributed by atoms with E-state index >= 15 is 0 Å². The van der Waals surface area contributed by atoms with Crippen LogP contribution in [0.2, 0.25) is 0 Å². The molecule has 0 radical (unpaired) electrons. The number of aromatic nitrogens is 2. The molecule has 122 valence electrons. The van der Waals surface area contributed by atoms with E-state index in [1.165, 1.54) is 13.2 Å². The van der Waals surface area contributed by atoms with Crippen LogP contribution < -0.4 is 15.4 Å². The van der Waals surface area contributed by atoms with E-state index in [9.17, 15) is 4.39 Å². The summed E-state index contributed by atoms with van der Waals surface area (Å²) in [4.78, 5) is 9.03. The number of anilines is 3. The number of nitrogens with one attached hydrogen (secondary N) is 2. The Morgan fingerprint density at radius 3 is 2.61 bits per heavy atom. The molecule has 0 aliphatic heterocycles. The molecule has 0 bridgehead atoms. The molecule has 1 heterocycles. The Kier molecular flexibility index (Phi) is 4.32. The van der Waals surface area contributed by atoms with Crippen molar-refractivity contribution >= 4 is 17.5 Å². The second-order valence-corrected chi connectivity index (χ2v) is 6.05. The van der Waals surface area contributed by atoms with Gasteiger partial charge in [0, 0.05) is 29.8 Å². The Morgan fingerprint density at radius 2 is 2.00 bits per heavy atom. The van der Waals surface area contributed by atoms with Gasteiger partial charge in [0.15, 0.2) is 11.6 Å². The summed E-state index contributed by atoms with van der Waals surface area (Å²) in [5.41, 5.74) is 1.65. The van der Waals surface area contributed by atoms with Crippen molar-refractivity contribution in [1.82, 2.24) is 9.97 Å². The predicted octanol–water partition coefficient (Wildman–Crippen LogP) is 4.07. The number of hydrogen-bond acceptors (Lipinski definition) is 5. The van der Waals surface area contributed by atoms with E-state index < -0.39 is 5.82 Å². The van der Waals surface area contributed by atoms with Crippen molar-refractivity contribution < 1.29 is 9.13 Å². The van der Waals surface area contributed by atoms with Gasteiger partial charge in [0.25, 0.3) is 0 Å². The standard InChI is InChI=1S/C17H21FN4O/c1-10(2)19-17-21-14(11-4-5-11)9-16(22-17)20-12-6-7-15(23-3)13(18)8-12/h6-11H,4-5H2,1-3H3,(H2,19,20,21,22). The van der Waals surface area contributed by atoms with Gasteiger partial charge < -0.3 is 15.4 Å². The predicted molar refractivity (Wildman–Crippen MR) is 89.0 cm³/mol. The van der Waals surface area contributed by atoms with Gasteiger partial charge in [0.1, 0.15) is 5.82 Å². The average Bonchev–Trinajstić information content (AvgIpc) is 3.31. The highest BCUT2D eigenvalue weighted by Gasteiger charge is 2.26. The maximum atomic E-state index is 13.8. The number of benzene rings is 1. The molecule has 0 unspecified atom stereocenters. The van der Waals surface area contributed by atoms with Crippen molar-refractivity contribution in [3.8, 4) is 5.75 Å². The van der Waals surface area contributed by atoms with Crippen LogP contribution in [-0.4, -0.2) is 23.1 Å². The molecule has 1 aliphatic carbocycles. The zero-order valence-electron chi connectivity index (χ0n) is 13.6. The Labute approximate surface area is 135 Å². The summed E-state index contributed by atoms with van der Waals surface area (Å²) in [5.74, 6) is 1.59. The number of halogens is 1. The number of nitrogens with zero attached hydrogens (tertiary/aromatic N) is 2. The first-order valence-electron chi connectivity index (χ1n) is 7.81. The molecular weight excluding hydrogens is 295 g/mol. The number of rotatable bonds is 6. The van der Waals surface area contributed by atoms with E-state index in [2.05, 4.69) is 20.6 Å². The normalized spacial score (nSPS) is 14.0. The highest BCUT2D eigenvalue weighted by Crippen LogP contribution is 2.40. The van der Waals surface area contributed by atoms with E-state index in [-0.39, 0.29) is 11.8 Å². The molecule has 1 aliphatic rings. The van der Waals surface area contributed by atoms with Crippen LogP contribution in [0.15, 0.2) is 24.3 Å². The fraction of sp³-hybridized carbons (Fsp3) is 0.412. The number of hydrogen-bond donors (Lipinski definition) is 2. The first-order chi connectivity index (χ1) is 11.0. The van der Waals surface area contributed by atoms with Gasteiger partial charge >= 0.3 is 0 Å². The van der Waals surface area contributed by atoms with Crippen LogP contribution in [0.1, 0.15) is 38.3 Å². The molecule has 0 saturated heterocycles. The molecule has 1 saturated carbocycles. The first kappa shape index (κ1) is 15.5. The second kappa shape index (κ2) is 6.40. The minimum absolute atomic E-state index is 0.221. The lowest BCUT2D eigenvalue weighted by Crippen LogP contribution is -2.14. The first-order valence-corrected chi connectivity index (χ1v) is 7.81. The van der Waals surface area contributed by atoms with Crippen molar-refractivity contribution in [2.45, 2.75) is 38.6 Å². The molecule has 0 atom stereocenters. The second-order valence-electron chi connectivity index (χ2n) is 6.05. The minimum Gasteiger partial charge on any atom is -0.494 e. The van der Waals surface area contributed by atoms with Gasteiger partial charge in [0.05, 0.1) is 12.8 Å². The van der Waals surface area contributed by atoms with Gasteiger partial charge in [0.2, 0.25) is 5.95 Å². The third-order valence-corrected chi connectivity index (χ3v) is 3.58. The summed E-state index contributed by atoms with van der Waals surface area (Å²) in [6.07, 6.45) is 2.32. The average molecular weight is 316 g/mol. The topological polar surface area (TPSA) is 59.1 Å². The monoisotopic (exact) mass is 316 g/mol. The lowest BCUT2D eigenvalue weighted by Gasteiger charge is -2.13. The molecule has 1 aromatic carbocycles. The van der Waals surface area contributed by atoms with Gasteiger partial charge in [-0.1, -0.05) is 0 Å². The van der Waals surface area contributed by atoms with E-state index in [1.807, 2.05) is 19.9 Å². The summed E-state index contributed by atoms with van der Waals surface area (Å²) >= 11 is 0. The van der Waals surface area contributed by atoms with Crippen molar-refractivity contribution in [2.24, 2.45) is 0 Å². The Hall–Kier alpha value is -2.37. The molecule has 23 heavy (non-hydrogen) atoms. The molecule has 2 N–H and O–H groups in total. The van der Waals surface area contributed by atoms with Crippen LogP contribution in [0.4, 0.5) is 21.8 Å². The molecule has 5 nitrogen and oxygen atoms in total. The molecule has 1 aromatic heterocycles. The van der Waals surface area contributed by atoms with Crippen LogP contribution in [0.25, 0.3) is 0 Å². The van der Waals surface area contributed by atoms with Gasteiger partial charge in [-0.3, -0.25) is 0 Å². The summed E-state index contributed by atoms with van der Waals surface area (Å²) in [6, 6.07) is 6.93. The van der Waals surface area contributed by atoms with Gasteiger partial charge in [-0.25, -0.2) is 9.37 Å². The highest BCUT2D eigenvalue weighted by molar-refractivity contribution is 5.59. The molecule has 3 rings (SSSR count). The van der Waals surface area contributed by atoms with Crippen LogP contribution in [0.5, 0.6) is 5.75 Å². The lowest BCUT2D eigenvalue weighted by atomic mass is 10.2. The minimum atomic E-state index is -0.408. The maximum Gasteiger partial charge on any atom is 0.225 e. The number of methoxy groups -OCH3 is 1. The van der Waals surface area contributed by atoms with Crippen molar-refractivity contribution in [2.75, 3.05) is 17.7 Å². The SMILES string of the molecule is COc1ccc(Nc2cc(C3CC3)nc(NC(C)C)n2)cc1F. The fourth-order valence-electron chi connectivity index (χ4n) is 2.33. The van der Waals surface area contributed by atoms with Crippen LogP contribution in [0.3, 0.4) is 0 Å². The lowest BCUT2D eigenvalue weighted by molar-refractivity contribution is 0.386. The highest BCUT2D eigenvalue weighted by atomic mass is 19.1. The molecule has 6 heteroatoms. The van der Waals surface area contributed by atoms with Gasteiger partial charge in [-0.15, -0.1) is 0 Å². The Bertz CT molecular complexity index is 701. The zero-order chi connectivity index (χ0) is 16.4. The molecular formula is C17H21FN4O. The van der Waals surface area contributed by atoms with Crippen molar-refractivity contribution in [3.05, 3.63) is 35.8 Å². The quantitative estimate of drug-likeness (QED) is 0.841. The fourth-order valence-corrected chi connectivity index (χ4v) is 2.33. The van der Waals surface area contributed by atoms with Crippen molar-refractivity contribution in [3.63, 3.8) is 0 Å². The molecule has 2 aromatic rings. The summed E-state index contributed by atoms with van der Waals surface area (Å²) in [5, 5.41) is 6.37. The van der Waals surface area contributed by atoms with E-state index in [0.717, 1.165) is 18.5 Å². The van der Waals surface area contributed by atoms with Gasteiger partial charge in [-0.05, 0) is 38.8 Å². The van der Waals surface area contributed by atoms with Crippen LogP contribution in [0, 0.1) is 5.82 Å². The summed E-state index contributed by atoms with van der Waals surface area (Å²) in [7, 11) is 1.45. The summed E-state index contributed by atoms with van der Waals surface area (Å²) < 4.78 is 18.7. The number of ether oxygens (including phenoxy) is 1. The van der Waals surface area contributed by atoms with Crippen molar-refractivity contribution in [1.29, 1.82) is 0 Å². The molecule has 1 fully saturated rings. The largest absolute Gasteiger partial charge is 0.494 e. The van der Waals surface area contributed by atoms with Crippen LogP contribution >= 0.6 is 0 Å². The summed E-state index contributed by atoms with van der Waals surface area (Å²) in [6.45, 7) is 4.08. The third kappa shape index (κ3) is 3.88. The zero-order valence-corrected chi connectivity index (χ0v) is 13.6. The smallest absolute Gasteiger partial charge is 0.225 e. The Balaban J connectivity index is 1.86. The third-order valence-electron chi connectivity index (χ3n) is 3.58. The maximum absolute atomic E-state index is 13.8. The van der Waals surface area contributed by atoms with E-state index in [1.54, 1.807) is 12.1 Å².